The van der Waals surface area contributed by atoms with Crippen LogP contribution in [0.2, 0.25) is 0 Å². The number of aryl methyl sites for hydroxylation is 1. The lowest BCUT2D eigenvalue weighted by Crippen LogP contribution is -2.25. The highest BCUT2D eigenvalue weighted by Crippen LogP contribution is 2.44. The molecular weight excluding hydrogens is 380 g/mol. The fourth-order valence-electron chi connectivity index (χ4n) is 4.72. The van der Waals surface area contributed by atoms with Crippen LogP contribution in [0.1, 0.15) is 67.6 Å². The van der Waals surface area contributed by atoms with Gasteiger partial charge in [0.2, 0.25) is 0 Å². The maximum Gasteiger partial charge on any atom is 0.419 e. The number of benzene rings is 1. The smallest absolute Gasteiger partial charge is 0.374 e. The number of halogens is 4. The van der Waals surface area contributed by atoms with Crippen molar-refractivity contribution < 1.29 is 22.3 Å². The maximum atomic E-state index is 15.0. The summed E-state index contributed by atoms with van der Waals surface area (Å²) in [5.41, 5.74) is -0.772. The first-order valence-electron chi connectivity index (χ1n) is 10.6. The lowest BCUT2D eigenvalue weighted by molar-refractivity contribution is -0.141. The number of hydrogen-bond donors (Lipinski definition) is 0. The summed E-state index contributed by atoms with van der Waals surface area (Å²) in [6.07, 6.45) is 4.61. The largest absolute Gasteiger partial charge is 0.419 e. The molecule has 1 saturated heterocycles. The van der Waals surface area contributed by atoms with Crippen molar-refractivity contribution in [3.05, 3.63) is 60.0 Å². The van der Waals surface area contributed by atoms with Crippen LogP contribution in [0.25, 0.3) is 0 Å². The molecular formula is C24H30F4O. The Morgan fingerprint density at radius 2 is 1.72 bits per heavy atom. The van der Waals surface area contributed by atoms with Gasteiger partial charge in [-0.05, 0) is 80.2 Å². The van der Waals surface area contributed by atoms with Crippen molar-refractivity contribution >= 4 is 0 Å². The number of alkyl halides is 3. The number of allylic oxidation sites excluding steroid dienone is 1. The van der Waals surface area contributed by atoms with Crippen LogP contribution < -0.4 is 0 Å². The van der Waals surface area contributed by atoms with Gasteiger partial charge in [-0.1, -0.05) is 24.3 Å². The molecule has 0 amide bonds. The van der Waals surface area contributed by atoms with Gasteiger partial charge in [0, 0.05) is 0 Å². The fourth-order valence-corrected chi connectivity index (χ4v) is 4.72. The third-order valence-corrected chi connectivity index (χ3v) is 6.57. The van der Waals surface area contributed by atoms with Gasteiger partial charge >= 0.3 is 6.18 Å². The average Bonchev–Trinajstić information content (AvgIpc) is 2.72. The molecule has 1 saturated carbocycles. The Bertz CT molecular complexity index is 708. The third-order valence-electron chi connectivity index (χ3n) is 6.57. The van der Waals surface area contributed by atoms with E-state index in [9.17, 15) is 13.2 Å². The van der Waals surface area contributed by atoms with Gasteiger partial charge in [-0.25, -0.2) is 4.39 Å². The van der Waals surface area contributed by atoms with Crippen LogP contribution in [0.15, 0.2) is 37.4 Å². The van der Waals surface area contributed by atoms with Gasteiger partial charge in [-0.3, -0.25) is 0 Å². The second kappa shape index (κ2) is 9.46. The summed E-state index contributed by atoms with van der Waals surface area (Å²) in [7, 11) is 0. The highest BCUT2D eigenvalue weighted by atomic mass is 19.4. The van der Waals surface area contributed by atoms with E-state index in [2.05, 4.69) is 13.2 Å². The standard InChI is InChI=1S/C24H30F4O/c1-3-16-5-9-18(10-6-16)21-14-12-19(23(25)22(21)24(26,27)28)11-7-17-8-13-20(4-2)29-15-17/h3-4,12,14,16-18,20H,1-2,5-11,13,15H2. The Labute approximate surface area is 170 Å². The molecule has 2 atom stereocenters. The van der Waals surface area contributed by atoms with Crippen molar-refractivity contribution in [2.45, 2.75) is 69.6 Å². The molecule has 160 valence electrons. The molecule has 1 heterocycles. The van der Waals surface area contributed by atoms with E-state index in [4.69, 9.17) is 4.74 Å². The van der Waals surface area contributed by atoms with E-state index in [-0.39, 0.29) is 29.1 Å². The first-order chi connectivity index (χ1) is 13.8. The first kappa shape index (κ1) is 22.1. The number of hydrogen-bond acceptors (Lipinski definition) is 1. The molecule has 0 radical (unpaired) electrons. The van der Waals surface area contributed by atoms with Crippen molar-refractivity contribution in [3.63, 3.8) is 0 Å². The van der Waals surface area contributed by atoms with Gasteiger partial charge in [0.1, 0.15) is 5.82 Å². The SMILES string of the molecule is C=CC1CCC(c2ccc(CCC3CCC(C=C)OC3)c(F)c2C(F)(F)F)CC1. The highest BCUT2D eigenvalue weighted by Gasteiger charge is 2.40. The summed E-state index contributed by atoms with van der Waals surface area (Å²) < 4.78 is 62.0. The van der Waals surface area contributed by atoms with Gasteiger partial charge in [-0.2, -0.15) is 13.2 Å². The monoisotopic (exact) mass is 410 g/mol. The molecule has 0 N–H and O–H groups in total. The van der Waals surface area contributed by atoms with Crippen molar-refractivity contribution in [1.29, 1.82) is 0 Å². The fraction of sp³-hybridized carbons (Fsp3) is 0.583. The van der Waals surface area contributed by atoms with Crippen LogP contribution in [0.5, 0.6) is 0 Å². The van der Waals surface area contributed by atoms with E-state index in [1.807, 2.05) is 6.08 Å². The highest BCUT2D eigenvalue weighted by molar-refractivity contribution is 5.39. The zero-order valence-corrected chi connectivity index (χ0v) is 16.8. The Kier molecular flexibility index (Phi) is 7.20. The normalized spacial score (nSPS) is 28.1. The first-order valence-corrected chi connectivity index (χ1v) is 10.6. The van der Waals surface area contributed by atoms with E-state index in [0.717, 1.165) is 25.7 Å². The summed E-state index contributed by atoms with van der Waals surface area (Å²) in [5.74, 6) is -0.729. The Hall–Kier alpha value is -1.62. The van der Waals surface area contributed by atoms with Crippen LogP contribution in [0.3, 0.4) is 0 Å². The van der Waals surface area contributed by atoms with E-state index in [0.29, 0.717) is 38.2 Å². The molecule has 1 aromatic rings. The summed E-state index contributed by atoms with van der Waals surface area (Å²) in [4.78, 5) is 0. The molecule has 1 aliphatic carbocycles. The van der Waals surface area contributed by atoms with Crippen molar-refractivity contribution in [1.82, 2.24) is 0 Å². The number of ether oxygens (including phenoxy) is 1. The van der Waals surface area contributed by atoms with E-state index >= 15 is 4.39 Å². The molecule has 29 heavy (non-hydrogen) atoms. The van der Waals surface area contributed by atoms with Gasteiger partial charge in [0.05, 0.1) is 18.3 Å². The Morgan fingerprint density at radius 3 is 2.28 bits per heavy atom. The molecule has 2 aliphatic rings. The number of rotatable bonds is 6. The van der Waals surface area contributed by atoms with Crippen molar-refractivity contribution in [2.24, 2.45) is 11.8 Å². The predicted octanol–water partition coefficient (Wildman–Crippen LogP) is 7.22. The van der Waals surface area contributed by atoms with Crippen LogP contribution >= 0.6 is 0 Å². The van der Waals surface area contributed by atoms with Crippen LogP contribution in [0, 0.1) is 17.7 Å². The summed E-state index contributed by atoms with van der Waals surface area (Å²) >= 11 is 0. The van der Waals surface area contributed by atoms with Crippen molar-refractivity contribution in [3.8, 4) is 0 Å². The van der Waals surface area contributed by atoms with Crippen LogP contribution in [0.4, 0.5) is 17.6 Å². The lowest BCUT2D eigenvalue weighted by atomic mass is 9.77. The molecule has 1 aliphatic heterocycles. The molecule has 1 nitrogen and oxygen atoms in total. The minimum absolute atomic E-state index is 0.0512. The van der Waals surface area contributed by atoms with E-state index in [1.165, 1.54) is 6.07 Å². The average molecular weight is 410 g/mol. The second-order valence-corrected chi connectivity index (χ2v) is 8.44. The lowest BCUT2D eigenvalue weighted by Gasteiger charge is -2.30. The Balaban J connectivity index is 1.74. The molecule has 3 rings (SSSR count). The topological polar surface area (TPSA) is 9.23 Å². The second-order valence-electron chi connectivity index (χ2n) is 8.44. The summed E-state index contributed by atoms with van der Waals surface area (Å²) in [5, 5.41) is 0. The van der Waals surface area contributed by atoms with E-state index < -0.39 is 17.6 Å². The zero-order valence-electron chi connectivity index (χ0n) is 16.8. The molecule has 2 unspecified atom stereocenters. The van der Waals surface area contributed by atoms with Gasteiger partial charge in [0.25, 0.3) is 0 Å². The van der Waals surface area contributed by atoms with Crippen LogP contribution in [-0.2, 0) is 17.3 Å². The molecule has 1 aromatic carbocycles. The summed E-state index contributed by atoms with van der Waals surface area (Å²) in [6.45, 7) is 8.05. The molecule has 2 fully saturated rings. The van der Waals surface area contributed by atoms with Crippen molar-refractivity contribution in [2.75, 3.05) is 6.61 Å². The molecule has 0 bridgehead atoms. The Morgan fingerprint density at radius 1 is 1.00 bits per heavy atom. The molecule has 0 spiro atoms. The van der Waals surface area contributed by atoms with Gasteiger partial charge in [0.15, 0.2) is 0 Å². The summed E-state index contributed by atoms with van der Waals surface area (Å²) in [6, 6.07) is 3.08. The minimum Gasteiger partial charge on any atom is -0.374 e. The minimum atomic E-state index is -4.68. The molecule has 5 heteroatoms. The van der Waals surface area contributed by atoms with Gasteiger partial charge in [-0.15, -0.1) is 13.2 Å². The van der Waals surface area contributed by atoms with Gasteiger partial charge < -0.3 is 4.74 Å². The predicted molar refractivity (Wildman–Crippen MR) is 107 cm³/mol. The van der Waals surface area contributed by atoms with E-state index in [1.54, 1.807) is 12.1 Å². The zero-order chi connectivity index (χ0) is 21.0. The third kappa shape index (κ3) is 5.30. The quantitative estimate of drug-likeness (QED) is 0.355. The molecule has 0 aromatic heterocycles. The maximum absolute atomic E-state index is 15.0. The van der Waals surface area contributed by atoms with Crippen LogP contribution in [-0.4, -0.2) is 12.7 Å².